The van der Waals surface area contributed by atoms with Gasteiger partial charge in [-0.1, -0.05) is 26.0 Å². The zero-order valence-corrected chi connectivity index (χ0v) is 9.87. The Bertz CT molecular complexity index is 239. The number of carbonyl (C=O) groups is 1. The number of amides is 1. The van der Waals surface area contributed by atoms with E-state index in [4.69, 9.17) is 0 Å². The molecular weight excluding hydrogens is 174 g/mol. The molecule has 0 atom stereocenters. The van der Waals surface area contributed by atoms with Crippen molar-refractivity contribution in [1.82, 2.24) is 4.90 Å². The van der Waals surface area contributed by atoms with E-state index in [0.717, 1.165) is 5.57 Å². The Balaban J connectivity index is 4.45. The van der Waals surface area contributed by atoms with Gasteiger partial charge in [0.1, 0.15) is 0 Å². The maximum atomic E-state index is 11.2. The molecule has 2 nitrogen and oxygen atoms in total. The number of hydrogen-bond donors (Lipinski definition) is 0. The molecule has 0 aliphatic heterocycles. The van der Waals surface area contributed by atoms with Crippen molar-refractivity contribution in [3.63, 3.8) is 0 Å². The van der Waals surface area contributed by atoms with Crippen molar-refractivity contribution in [3.8, 4) is 0 Å². The molecule has 0 aromatic carbocycles. The normalized spacial score (nSPS) is 11.4. The number of nitrogens with zero attached hydrogens (tertiary/aromatic N) is 1. The van der Waals surface area contributed by atoms with Crippen LogP contribution in [0.4, 0.5) is 0 Å². The summed E-state index contributed by atoms with van der Waals surface area (Å²) in [4.78, 5) is 12.9. The van der Waals surface area contributed by atoms with Gasteiger partial charge in [0.2, 0.25) is 5.91 Å². The minimum absolute atomic E-state index is 0.0628. The van der Waals surface area contributed by atoms with Crippen molar-refractivity contribution < 1.29 is 4.79 Å². The van der Waals surface area contributed by atoms with E-state index < -0.39 is 0 Å². The van der Waals surface area contributed by atoms with Crippen molar-refractivity contribution in [2.24, 2.45) is 5.92 Å². The Morgan fingerprint density at radius 2 is 1.79 bits per heavy atom. The molecule has 2 heteroatoms. The van der Waals surface area contributed by atoms with E-state index in [9.17, 15) is 4.79 Å². The fraction of sp³-hybridized carbons (Fsp3) is 0.583. The summed E-state index contributed by atoms with van der Waals surface area (Å²) < 4.78 is 0. The average molecular weight is 195 g/mol. The zero-order valence-electron chi connectivity index (χ0n) is 9.87. The predicted octanol–water partition coefficient (Wildman–Crippen LogP) is 2.97. The van der Waals surface area contributed by atoms with Gasteiger partial charge in [-0.05, 0) is 25.8 Å². The highest BCUT2D eigenvalue weighted by molar-refractivity contribution is 5.74. The third-order valence-corrected chi connectivity index (χ3v) is 2.11. The molecule has 0 aromatic rings. The van der Waals surface area contributed by atoms with Crippen LogP contribution in [-0.4, -0.2) is 16.8 Å². The number of rotatable bonds is 4. The molecule has 0 heterocycles. The Labute approximate surface area is 87.3 Å². The highest BCUT2D eigenvalue weighted by Crippen LogP contribution is 2.09. The maximum absolute atomic E-state index is 11.2. The summed E-state index contributed by atoms with van der Waals surface area (Å²) in [7, 11) is 0. The van der Waals surface area contributed by atoms with Crippen LogP contribution in [0.1, 0.15) is 34.6 Å². The van der Waals surface area contributed by atoms with Crippen LogP contribution in [-0.2, 0) is 4.79 Å². The standard InChI is InChI=1S/C12H21NO/c1-9(2)11(5)7-8-13(10(3)4)12(6)14/h7-10H,5H2,1-4,6H3/b8-7-. The van der Waals surface area contributed by atoms with Gasteiger partial charge in [-0.2, -0.15) is 0 Å². The molecule has 1 amide bonds. The fourth-order valence-corrected chi connectivity index (χ4v) is 1.01. The van der Waals surface area contributed by atoms with Gasteiger partial charge in [0, 0.05) is 19.2 Å². The molecule has 80 valence electrons. The van der Waals surface area contributed by atoms with Gasteiger partial charge in [-0.15, -0.1) is 0 Å². The van der Waals surface area contributed by atoms with Crippen LogP contribution in [0.2, 0.25) is 0 Å². The second kappa shape index (κ2) is 5.63. The number of allylic oxidation sites excluding steroid dienone is 2. The quantitative estimate of drug-likeness (QED) is 0.631. The van der Waals surface area contributed by atoms with Crippen LogP contribution in [0.25, 0.3) is 0 Å². The van der Waals surface area contributed by atoms with Crippen LogP contribution >= 0.6 is 0 Å². The molecule has 0 aromatic heterocycles. The fourth-order valence-electron chi connectivity index (χ4n) is 1.01. The monoisotopic (exact) mass is 195 g/mol. The van der Waals surface area contributed by atoms with E-state index in [1.54, 1.807) is 11.8 Å². The lowest BCUT2D eigenvalue weighted by Crippen LogP contribution is -2.29. The molecule has 0 radical (unpaired) electrons. The Kier molecular flexibility index (Phi) is 5.21. The molecule has 0 unspecified atom stereocenters. The molecule has 0 rings (SSSR count). The summed E-state index contributed by atoms with van der Waals surface area (Å²) in [6, 6.07) is 0.198. The second-order valence-electron chi connectivity index (χ2n) is 4.07. The van der Waals surface area contributed by atoms with E-state index in [0.29, 0.717) is 5.92 Å². The molecule has 0 fully saturated rings. The third-order valence-electron chi connectivity index (χ3n) is 2.11. The molecule has 0 bridgehead atoms. The topological polar surface area (TPSA) is 20.3 Å². The lowest BCUT2D eigenvalue weighted by atomic mass is 10.1. The van der Waals surface area contributed by atoms with Crippen LogP contribution in [0.3, 0.4) is 0 Å². The number of carbonyl (C=O) groups excluding carboxylic acids is 1. The molecule has 14 heavy (non-hydrogen) atoms. The van der Waals surface area contributed by atoms with Crippen molar-refractivity contribution >= 4 is 5.91 Å². The van der Waals surface area contributed by atoms with E-state index >= 15 is 0 Å². The highest BCUT2D eigenvalue weighted by atomic mass is 16.2. The van der Waals surface area contributed by atoms with E-state index in [1.807, 2.05) is 26.1 Å². The summed E-state index contributed by atoms with van der Waals surface area (Å²) in [6.07, 6.45) is 3.72. The van der Waals surface area contributed by atoms with Crippen molar-refractivity contribution in [2.75, 3.05) is 0 Å². The van der Waals surface area contributed by atoms with Gasteiger partial charge in [-0.3, -0.25) is 4.79 Å². The minimum Gasteiger partial charge on any atom is -0.317 e. The summed E-state index contributed by atoms with van der Waals surface area (Å²) >= 11 is 0. The smallest absolute Gasteiger partial charge is 0.223 e. The zero-order chi connectivity index (χ0) is 11.3. The third kappa shape index (κ3) is 4.26. The largest absolute Gasteiger partial charge is 0.317 e. The van der Waals surface area contributed by atoms with Gasteiger partial charge in [-0.25, -0.2) is 0 Å². The van der Waals surface area contributed by atoms with Crippen LogP contribution < -0.4 is 0 Å². The Hall–Kier alpha value is -1.05. The van der Waals surface area contributed by atoms with Crippen LogP contribution in [0.15, 0.2) is 24.4 Å². The first-order chi connectivity index (χ1) is 6.36. The number of hydrogen-bond acceptors (Lipinski definition) is 1. The van der Waals surface area contributed by atoms with Gasteiger partial charge < -0.3 is 4.90 Å². The molecule has 0 spiro atoms. The van der Waals surface area contributed by atoms with Gasteiger partial charge in [0.15, 0.2) is 0 Å². The summed E-state index contributed by atoms with van der Waals surface area (Å²) in [5, 5.41) is 0. The summed E-state index contributed by atoms with van der Waals surface area (Å²) in [6.45, 7) is 13.6. The Morgan fingerprint density at radius 1 is 1.29 bits per heavy atom. The Morgan fingerprint density at radius 3 is 2.07 bits per heavy atom. The average Bonchev–Trinajstić information content (AvgIpc) is 2.02. The van der Waals surface area contributed by atoms with Gasteiger partial charge >= 0.3 is 0 Å². The lowest BCUT2D eigenvalue weighted by Gasteiger charge is -2.21. The first-order valence-corrected chi connectivity index (χ1v) is 5.02. The minimum atomic E-state index is 0.0628. The van der Waals surface area contributed by atoms with Crippen LogP contribution in [0, 0.1) is 5.92 Å². The van der Waals surface area contributed by atoms with Gasteiger partial charge in [0.05, 0.1) is 0 Å². The SMILES string of the molecule is C=C(/C=C\N(C(C)=O)C(C)C)C(C)C. The summed E-state index contributed by atoms with van der Waals surface area (Å²) in [5.74, 6) is 0.486. The van der Waals surface area contributed by atoms with E-state index in [-0.39, 0.29) is 11.9 Å². The first kappa shape index (κ1) is 12.9. The molecule has 0 N–H and O–H groups in total. The second-order valence-corrected chi connectivity index (χ2v) is 4.07. The van der Waals surface area contributed by atoms with E-state index in [2.05, 4.69) is 20.4 Å². The summed E-state index contributed by atoms with van der Waals surface area (Å²) in [5.41, 5.74) is 1.04. The first-order valence-electron chi connectivity index (χ1n) is 5.02. The molecule has 0 saturated heterocycles. The van der Waals surface area contributed by atoms with Crippen molar-refractivity contribution in [3.05, 3.63) is 24.4 Å². The molecule has 0 aliphatic carbocycles. The van der Waals surface area contributed by atoms with Crippen molar-refractivity contribution in [2.45, 2.75) is 40.7 Å². The lowest BCUT2D eigenvalue weighted by molar-refractivity contribution is -0.127. The highest BCUT2D eigenvalue weighted by Gasteiger charge is 2.08. The molecule has 0 aliphatic rings. The van der Waals surface area contributed by atoms with Crippen LogP contribution in [0.5, 0.6) is 0 Å². The van der Waals surface area contributed by atoms with Gasteiger partial charge in [0.25, 0.3) is 0 Å². The molecule has 0 saturated carbocycles. The maximum Gasteiger partial charge on any atom is 0.223 e. The van der Waals surface area contributed by atoms with Crippen molar-refractivity contribution in [1.29, 1.82) is 0 Å². The molecular formula is C12H21NO. The predicted molar refractivity (Wildman–Crippen MR) is 60.8 cm³/mol. The van der Waals surface area contributed by atoms with E-state index in [1.165, 1.54) is 0 Å².